The molecule has 3 aromatic rings. The number of hydrogen-bond donors (Lipinski definition) is 0. The lowest BCUT2D eigenvalue weighted by Gasteiger charge is -2.25. The molecule has 0 saturated carbocycles. The molecular formula is C23H25NO3. The second-order valence-electron chi connectivity index (χ2n) is 6.52. The van der Waals surface area contributed by atoms with Crippen LogP contribution in [0.2, 0.25) is 0 Å². The van der Waals surface area contributed by atoms with Crippen molar-refractivity contribution >= 4 is 5.91 Å². The summed E-state index contributed by atoms with van der Waals surface area (Å²) in [5.74, 6) is 1.80. The standard InChI is InChI=1S/C23H25NO3/c1-18(25)24(17-19-9-4-3-5-10-19)15-14-21(23-13-8-16-27-23)20-11-6-7-12-22(20)26-2/h3-13,16,21H,14-15,17H2,1-2H3/t21-/m1/s1. The molecule has 0 aliphatic carbocycles. The molecule has 2 aromatic carbocycles. The third kappa shape index (κ3) is 4.79. The van der Waals surface area contributed by atoms with E-state index in [1.807, 2.05) is 65.6 Å². The van der Waals surface area contributed by atoms with Crippen molar-refractivity contribution in [3.05, 3.63) is 89.9 Å². The van der Waals surface area contributed by atoms with Gasteiger partial charge in [0.2, 0.25) is 5.91 Å². The van der Waals surface area contributed by atoms with Crippen molar-refractivity contribution in [1.29, 1.82) is 0 Å². The molecule has 4 heteroatoms. The van der Waals surface area contributed by atoms with E-state index in [0.29, 0.717) is 13.1 Å². The normalized spacial score (nSPS) is 11.8. The molecule has 1 heterocycles. The Balaban J connectivity index is 1.80. The molecule has 0 aliphatic rings. The first-order chi connectivity index (χ1) is 13.2. The van der Waals surface area contributed by atoms with Gasteiger partial charge in [0.15, 0.2) is 0 Å². The highest BCUT2D eigenvalue weighted by Gasteiger charge is 2.22. The minimum atomic E-state index is 0.0220. The zero-order valence-electron chi connectivity index (χ0n) is 15.8. The van der Waals surface area contributed by atoms with Crippen LogP contribution in [0.15, 0.2) is 77.4 Å². The van der Waals surface area contributed by atoms with Crippen molar-refractivity contribution in [2.45, 2.75) is 25.8 Å². The van der Waals surface area contributed by atoms with Crippen LogP contribution in [0.1, 0.15) is 36.1 Å². The third-order valence-electron chi connectivity index (χ3n) is 4.75. The molecular weight excluding hydrogens is 338 g/mol. The zero-order chi connectivity index (χ0) is 19.1. The summed E-state index contributed by atoms with van der Waals surface area (Å²) in [5.41, 5.74) is 2.19. The van der Waals surface area contributed by atoms with Crippen molar-refractivity contribution in [3.8, 4) is 5.75 Å². The number of furan rings is 1. The van der Waals surface area contributed by atoms with Crippen molar-refractivity contribution in [2.24, 2.45) is 0 Å². The van der Waals surface area contributed by atoms with Gasteiger partial charge >= 0.3 is 0 Å². The van der Waals surface area contributed by atoms with Crippen LogP contribution >= 0.6 is 0 Å². The van der Waals surface area contributed by atoms with Gasteiger partial charge in [0, 0.05) is 31.5 Å². The molecule has 140 valence electrons. The van der Waals surface area contributed by atoms with E-state index in [4.69, 9.17) is 9.15 Å². The fraction of sp³-hybridized carbons (Fsp3) is 0.261. The Morgan fingerprint density at radius 1 is 1.04 bits per heavy atom. The van der Waals surface area contributed by atoms with Gasteiger partial charge in [-0.2, -0.15) is 0 Å². The van der Waals surface area contributed by atoms with Crippen LogP contribution in [0, 0.1) is 0 Å². The molecule has 0 N–H and O–H groups in total. The van der Waals surface area contributed by atoms with Crippen molar-refractivity contribution < 1.29 is 13.9 Å². The van der Waals surface area contributed by atoms with Gasteiger partial charge in [-0.1, -0.05) is 48.5 Å². The number of methoxy groups -OCH3 is 1. The first kappa shape index (κ1) is 18.8. The van der Waals surface area contributed by atoms with E-state index < -0.39 is 0 Å². The lowest BCUT2D eigenvalue weighted by atomic mass is 9.92. The van der Waals surface area contributed by atoms with Gasteiger partial charge in [-0.05, 0) is 30.2 Å². The largest absolute Gasteiger partial charge is 0.496 e. The molecule has 1 amide bonds. The Labute approximate surface area is 160 Å². The van der Waals surface area contributed by atoms with E-state index in [0.717, 1.165) is 29.1 Å². The topological polar surface area (TPSA) is 42.7 Å². The van der Waals surface area contributed by atoms with E-state index in [-0.39, 0.29) is 11.8 Å². The highest BCUT2D eigenvalue weighted by molar-refractivity contribution is 5.73. The van der Waals surface area contributed by atoms with Gasteiger partial charge in [-0.25, -0.2) is 0 Å². The number of amides is 1. The number of rotatable bonds is 8. The minimum absolute atomic E-state index is 0.0220. The maximum atomic E-state index is 12.2. The summed E-state index contributed by atoms with van der Waals surface area (Å²) < 4.78 is 11.3. The van der Waals surface area contributed by atoms with Gasteiger partial charge in [0.1, 0.15) is 11.5 Å². The van der Waals surface area contributed by atoms with Gasteiger partial charge < -0.3 is 14.1 Å². The van der Waals surface area contributed by atoms with E-state index in [9.17, 15) is 4.79 Å². The fourth-order valence-electron chi connectivity index (χ4n) is 3.33. The number of ether oxygens (including phenoxy) is 1. The Hall–Kier alpha value is -3.01. The second-order valence-corrected chi connectivity index (χ2v) is 6.52. The van der Waals surface area contributed by atoms with Crippen molar-refractivity contribution in [1.82, 2.24) is 4.90 Å². The van der Waals surface area contributed by atoms with Crippen LogP contribution in [0.4, 0.5) is 0 Å². The summed E-state index contributed by atoms with van der Waals surface area (Å²) in [4.78, 5) is 14.1. The minimum Gasteiger partial charge on any atom is -0.496 e. The van der Waals surface area contributed by atoms with Crippen LogP contribution < -0.4 is 4.74 Å². The van der Waals surface area contributed by atoms with Gasteiger partial charge in [-0.3, -0.25) is 4.79 Å². The average molecular weight is 363 g/mol. The summed E-state index contributed by atoms with van der Waals surface area (Å²) in [7, 11) is 1.68. The Morgan fingerprint density at radius 2 is 1.78 bits per heavy atom. The average Bonchev–Trinajstić information content (AvgIpc) is 3.23. The molecule has 3 rings (SSSR count). The highest BCUT2D eigenvalue weighted by atomic mass is 16.5. The lowest BCUT2D eigenvalue weighted by Crippen LogP contribution is -2.30. The van der Waals surface area contributed by atoms with Crippen molar-refractivity contribution in [2.75, 3.05) is 13.7 Å². The zero-order valence-corrected chi connectivity index (χ0v) is 15.8. The monoisotopic (exact) mass is 363 g/mol. The van der Waals surface area contributed by atoms with Crippen LogP contribution in [0.3, 0.4) is 0 Å². The number of nitrogens with zero attached hydrogens (tertiary/aromatic N) is 1. The van der Waals surface area contributed by atoms with Crippen LogP contribution in [-0.4, -0.2) is 24.5 Å². The predicted octanol–water partition coefficient (Wildman–Crippen LogP) is 4.86. The highest BCUT2D eigenvalue weighted by Crippen LogP contribution is 2.34. The predicted molar refractivity (Wildman–Crippen MR) is 106 cm³/mol. The number of para-hydroxylation sites is 1. The summed E-state index contributed by atoms with van der Waals surface area (Å²) >= 11 is 0. The number of carbonyl (C=O) groups excluding carboxylic acids is 1. The fourth-order valence-corrected chi connectivity index (χ4v) is 3.33. The van der Waals surface area contributed by atoms with E-state index in [1.54, 1.807) is 20.3 Å². The maximum Gasteiger partial charge on any atom is 0.219 e. The third-order valence-corrected chi connectivity index (χ3v) is 4.75. The van der Waals surface area contributed by atoms with Crippen LogP contribution in [0.5, 0.6) is 5.75 Å². The molecule has 0 unspecified atom stereocenters. The second kappa shape index (κ2) is 9.08. The molecule has 4 nitrogen and oxygen atoms in total. The quantitative estimate of drug-likeness (QED) is 0.574. The Morgan fingerprint density at radius 3 is 2.44 bits per heavy atom. The first-order valence-electron chi connectivity index (χ1n) is 9.14. The maximum absolute atomic E-state index is 12.2. The van der Waals surface area contributed by atoms with E-state index in [1.165, 1.54) is 0 Å². The number of carbonyl (C=O) groups is 1. The molecule has 0 saturated heterocycles. The van der Waals surface area contributed by atoms with E-state index >= 15 is 0 Å². The summed E-state index contributed by atoms with van der Waals surface area (Å²) in [5, 5.41) is 0. The molecule has 1 aromatic heterocycles. The molecule has 0 bridgehead atoms. The van der Waals surface area contributed by atoms with Gasteiger partial charge in [-0.15, -0.1) is 0 Å². The van der Waals surface area contributed by atoms with Gasteiger partial charge in [0.05, 0.1) is 13.4 Å². The smallest absolute Gasteiger partial charge is 0.219 e. The first-order valence-corrected chi connectivity index (χ1v) is 9.14. The molecule has 0 radical (unpaired) electrons. The van der Waals surface area contributed by atoms with Crippen molar-refractivity contribution in [3.63, 3.8) is 0 Å². The lowest BCUT2D eigenvalue weighted by molar-refractivity contribution is -0.129. The van der Waals surface area contributed by atoms with Crippen LogP contribution in [0.25, 0.3) is 0 Å². The number of benzene rings is 2. The van der Waals surface area contributed by atoms with Crippen LogP contribution in [-0.2, 0) is 11.3 Å². The van der Waals surface area contributed by atoms with E-state index in [2.05, 4.69) is 6.07 Å². The summed E-state index contributed by atoms with van der Waals surface area (Å²) in [6, 6.07) is 21.9. The molecule has 0 aliphatic heterocycles. The molecule has 1 atom stereocenters. The van der Waals surface area contributed by atoms with Gasteiger partial charge in [0.25, 0.3) is 0 Å². The number of hydrogen-bond acceptors (Lipinski definition) is 3. The molecule has 0 spiro atoms. The SMILES string of the molecule is COc1ccccc1[C@@H](CCN(Cc1ccccc1)C(C)=O)c1ccco1. The molecule has 27 heavy (non-hydrogen) atoms. The molecule has 0 fully saturated rings. The Kier molecular flexibility index (Phi) is 6.31. The summed E-state index contributed by atoms with van der Waals surface area (Å²) in [6.45, 7) is 2.86. The summed E-state index contributed by atoms with van der Waals surface area (Å²) in [6.07, 6.45) is 2.44. The Bertz CT molecular complexity index is 843.